The number of allylic oxidation sites excluding steroid dienone is 1. The average molecular weight is 271 g/mol. The first-order valence-electron chi connectivity index (χ1n) is 6.97. The van der Waals surface area contributed by atoms with Crippen molar-refractivity contribution in [3.63, 3.8) is 0 Å². The van der Waals surface area contributed by atoms with E-state index in [9.17, 15) is 14.7 Å². The maximum Gasteiger partial charge on any atom is 0.315 e. The zero-order chi connectivity index (χ0) is 14.2. The zero-order valence-electron chi connectivity index (χ0n) is 11.2. The summed E-state index contributed by atoms with van der Waals surface area (Å²) in [6, 6.07) is 9.32. The molecule has 1 fully saturated rings. The first-order chi connectivity index (χ1) is 9.65. The van der Waals surface area contributed by atoms with E-state index in [2.05, 4.69) is 0 Å². The SMILES string of the molecule is O=C1CC[C@@]2(C(=O)O)CCCC=C2N1c1ccccc1. The first-order valence-corrected chi connectivity index (χ1v) is 6.97. The Balaban J connectivity index is 2.11. The molecule has 1 aliphatic heterocycles. The number of hydrogen-bond acceptors (Lipinski definition) is 2. The van der Waals surface area contributed by atoms with Crippen molar-refractivity contribution < 1.29 is 14.7 Å². The van der Waals surface area contributed by atoms with Crippen molar-refractivity contribution in [1.29, 1.82) is 0 Å². The number of fused-ring (bicyclic) bond motifs is 1. The van der Waals surface area contributed by atoms with Gasteiger partial charge in [-0.05, 0) is 37.8 Å². The third-order valence-electron chi connectivity index (χ3n) is 4.32. The standard InChI is InChI=1S/C16H17NO3/c18-14-9-11-16(15(19)20)10-5-4-8-13(16)17(14)12-6-2-1-3-7-12/h1-3,6-8H,4-5,9-11H2,(H,19,20)/t16-/m0/s1. The molecule has 4 heteroatoms. The summed E-state index contributed by atoms with van der Waals surface area (Å²) in [7, 11) is 0. The Morgan fingerprint density at radius 1 is 1.20 bits per heavy atom. The van der Waals surface area contributed by atoms with E-state index in [1.165, 1.54) is 0 Å². The molecule has 104 valence electrons. The van der Waals surface area contributed by atoms with E-state index in [0.717, 1.165) is 18.5 Å². The topological polar surface area (TPSA) is 57.6 Å². The lowest BCUT2D eigenvalue weighted by atomic mass is 9.70. The predicted molar refractivity (Wildman–Crippen MR) is 75.2 cm³/mol. The third-order valence-corrected chi connectivity index (χ3v) is 4.32. The Morgan fingerprint density at radius 3 is 2.65 bits per heavy atom. The zero-order valence-corrected chi connectivity index (χ0v) is 11.2. The summed E-state index contributed by atoms with van der Waals surface area (Å²) < 4.78 is 0. The Hall–Kier alpha value is -2.10. The molecule has 0 unspecified atom stereocenters. The molecule has 1 atom stereocenters. The van der Waals surface area contributed by atoms with E-state index < -0.39 is 11.4 Å². The number of anilines is 1. The third kappa shape index (κ3) is 1.83. The summed E-state index contributed by atoms with van der Waals surface area (Å²) in [4.78, 5) is 25.7. The quantitative estimate of drug-likeness (QED) is 0.899. The van der Waals surface area contributed by atoms with Crippen molar-refractivity contribution in [3.8, 4) is 0 Å². The molecule has 1 aromatic rings. The van der Waals surface area contributed by atoms with Crippen LogP contribution in [0.5, 0.6) is 0 Å². The largest absolute Gasteiger partial charge is 0.481 e. The second-order valence-electron chi connectivity index (χ2n) is 5.43. The molecule has 1 amide bonds. The van der Waals surface area contributed by atoms with Crippen LogP contribution in [-0.4, -0.2) is 17.0 Å². The number of amides is 1. The summed E-state index contributed by atoms with van der Waals surface area (Å²) in [5.41, 5.74) is 0.539. The van der Waals surface area contributed by atoms with Crippen molar-refractivity contribution in [3.05, 3.63) is 42.1 Å². The van der Waals surface area contributed by atoms with Gasteiger partial charge in [-0.1, -0.05) is 24.3 Å². The predicted octanol–water partition coefficient (Wildman–Crippen LogP) is 2.95. The van der Waals surface area contributed by atoms with E-state index in [-0.39, 0.29) is 5.91 Å². The molecule has 0 bridgehead atoms. The Bertz CT molecular complexity index is 579. The average Bonchev–Trinajstić information content (AvgIpc) is 2.48. The van der Waals surface area contributed by atoms with Crippen molar-refractivity contribution in [2.75, 3.05) is 4.90 Å². The van der Waals surface area contributed by atoms with Crippen LogP contribution in [0.2, 0.25) is 0 Å². The molecule has 2 aliphatic rings. The van der Waals surface area contributed by atoms with Gasteiger partial charge in [0.05, 0.1) is 0 Å². The highest BCUT2D eigenvalue weighted by molar-refractivity contribution is 6.01. The second-order valence-corrected chi connectivity index (χ2v) is 5.43. The Kier molecular flexibility index (Phi) is 3.08. The normalized spacial score (nSPS) is 25.9. The fourth-order valence-electron chi connectivity index (χ4n) is 3.27. The van der Waals surface area contributed by atoms with Crippen LogP contribution in [0.1, 0.15) is 32.1 Å². The van der Waals surface area contributed by atoms with E-state index in [1.54, 1.807) is 4.90 Å². The summed E-state index contributed by atoms with van der Waals surface area (Å²) in [6.45, 7) is 0. The molecule has 4 nitrogen and oxygen atoms in total. The van der Waals surface area contributed by atoms with E-state index in [1.807, 2.05) is 36.4 Å². The Labute approximate surface area is 117 Å². The molecule has 1 N–H and O–H groups in total. The molecule has 1 aliphatic carbocycles. The molecular formula is C16H17NO3. The van der Waals surface area contributed by atoms with Gasteiger partial charge < -0.3 is 5.11 Å². The van der Waals surface area contributed by atoms with Gasteiger partial charge in [0.1, 0.15) is 5.41 Å². The number of carboxylic acids is 1. The number of carbonyl (C=O) groups is 2. The van der Waals surface area contributed by atoms with Crippen molar-refractivity contribution >= 4 is 17.6 Å². The van der Waals surface area contributed by atoms with Crippen LogP contribution in [0.4, 0.5) is 5.69 Å². The minimum absolute atomic E-state index is 0.0128. The van der Waals surface area contributed by atoms with Gasteiger partial charge in [-0.15, -0.1) is 0 Å². The smallest absolute Gasteiger partial charge is 0.315 e. The summed E-state index contributed by atoms with van der Waals surface area (Å²) in [6.07, 6.45) is 4.95. The number of hydrogen-bond donors (Lipinski definition) is 1. The van der Waals surface area contributed by atoms with E-state index in [0.29, 0.717) is 25.0 Å². The van der Waals surface area contributed by atoms with Gasteiger partial charge in [-0.3, -0.25) is 14.5 Å². The molecular weight excluding hydrogens is 254 g/mol. The molecule has 20 heavy (non-hydrogen) atoms. The Morgan fingerprint density at radius 2 is 1.95 bits per heavy atom. The van der Waals surface area contributed by atoms with Crippen LogP contribution in [0.25, 0.3) is 0 Å². The first kappa shape index (κ1) is 12.9. The lowest BCUT2D eigenvalue weighted by molar-refractivity contribution is -0.149. The van der Waals surface area contributed by atoms with Crippen LogP contribution in [0.15, 0.2) is 42.1 Å². The lowest BCUT2D eigenvalue weighted by Crippen LogP contribution is -2.49. The van der Waals surface area contributed by atoms with Crippen LogP contribution >= 0.6 is 0 Å². The fraction of sp³-hybridized carbons (Fsp3) is 0.375. The van der Waals surface area contributed by atoms with Crippen molar-refractivity contribution in [2.45, 2.75) is 32.1 Å². The number of aliphatic carboxylic acids is 1. The molecule has 0 radical (unpaired) electrons. The van der Waals surface area contributed by atoms with E-state index >= 15 is 0 Å². The van der Waals surface area contributed by atoms with Gasteiger partial charge in [-0.25, -0.2) is 0 Å². The number of para-hydroxylation sites is 1. The van der Waals surface area contributed by atoms with Gasteiger partial charge in [0.25, 0.3) is 0 Å². The monoisotopic (exact) mass is 271 g/mol. The number of nitrogens with zero attached hydrogens (tertiary/aromatic N) is 1. The van der Waals surface area contributed by atoms with Crippen LogP contribution in [-0.2, 0) is 9.59 Å². The van der Waals surface area contributed by atoms with Gasteiger partial charge >= 0.3 is 5.97 Å². The summed E-state index contributed by atoms with van der Waals surface area (Å²) in [5.74, 6) is -0.821. The van der Waals surface area contributed by atoms with E-state index in [4.69, 9.17) is 0 Å². The molecule has 0 saturated carbocycles. The van der Waals surface area contributed by atoms with Crippen molar-refractivity contribution in [2.24, 2.45) is 5.41 Å². The number of carboxylic acid groups (broad SMARTS) is 1. The molecule has 1 saturated heterocycles. The number of piperidine rings is 1. The minimum Gasteiger partial charge on any atom is -0.481 e. The maximum absolute atomic E-state index is 12.3. The molecule has 3 rings (SSSR count). The maximum atomic E-state index is 12.3. The lowest BCUT2D eigenvalue weighted by Gasteiger charge is -2.44. The molecule has 0 aromatic heterocycles. The summed E-state index contributed by atoms with van der Waals surface area (Å²) in [5, 5.41) is 9.70. The van der Waals surface area contributed by atoms with Gasteiger partial charge in [0.2, 0.25) is 5.91 Å². The van der Waals surface area contributed by atoms with Gasteiger partial charge in [0.15, 0.2) is 0 Å². The van der Waals surface area contributed by atoms with Crippen LogP contribution < -0.4 is 4.90 Å². The number of rotatable bonds is 2. The number of carbonyl (C=O) groups excluding carboxylic acids is 1. The van der Waals surface area contributed by atoms with Gasteiger partial charge in [0, 0.05) is 17.8 Å². The number of benzene rings is 1. The van der Waals surface area contributed by atoms with Crippen LogP contribution in [0.3, 0.4) is 0 Å². The molecule has 0 spiro atoms. The minimum atomic E-state index is -0.887. The highest BCUT2D eigenvalue weighted by atomic mass is 16.4. The van der Waals surface area contributed by atoms with Gasteiger partial charge in [-0.2, -0.15) is 0 Å². The highest BCUT2D eigenvalue weighted by Gasteiger charge is 2.50. The summed E-state index contributed by atoms with van der Waals surface area (Å²) >= 11 is 0. The molecule has 1 heterocycles. The van der Waals surface area contributed by atoms with Crippen LogP contribution in [0, 0.1) is 5.41 Å². The highest BCUT2D eigenvalue weighted by Crippen LogP contribution is 2.48. The van der Waals surface area contributed by atoms with Crippen molar-refractivity contribution in [1.82, 2.24) is 0 Å². The fourth-order valence-corrected chi connectivity index (χ4v) is 3.27. The second kappa shape index (κ2) is 4.78. The molecule has 1 aromatic carbocycles.